The van der Waals surface area contributed by atoms with Gasteiger partial charge in [0.2, 0.25) is 0 Å². The van der Waals surface area contributed by atoms with Gasteiger partial charge in [-0.05, 0) is 22.9 Å². The molecule has 1 heterocycles. The summed E-state index contributed by atoms with van der Waals surface area (Å²) in [6.07, 6.45) is 0. The number of rotatable bonds is 2. The molecule has 0 amide bonds. The van der Waals surface area contributed by atoms with Crippen LogP contribution in [0.25, 0.3) is 11.3 Å². The highest BCUT2D eigenvalue weighted by Crippen LogP contribution is 2.30. The zero-order valence-corrected chi connectivity index (χ0v) is 12.0. The highest BCUT2D eigenvalue weighted by Gasteiger charge is 2.21. The van der Waals surface area contributed by atoms with Crippen molar-refractivity contribution in [1.82, 2.24) is 9.78 Å². The van der Waals surface area contributed by atoms with Crippen molar-refractivity contribution in [3.05, 3.63) is 40.0 Å². The van der Waals surface area contributed by atoms with Crippen molar-refractivity contribution >= 4 is 21.9 Å². The Balaban J connectivity index is 2.53. The number of hydrogen-bond donors (Lipinski definition) is 0. The molecule has 2 aromatic rings. The first kappa shape index (κ1) is 12.8. The lowest BCUT2D eigenvalue weighted by Crippen LogP contribution is -2.08. The number of nitrogens with zero attached hydrogens (tertiary/aromatic N) is 2. The van der Waals surface area contributed by atoms with E-state index in [-0.39, 0.29) is 0 Å². The Kier molecular flexibility index (Phi) is 3.52. The number of carbonyl (C=O) groups excluding carboxylic acids is 1. The van der Waals surface area contributed by atoms with Crippen molar-refractivity contribution < 1.29 is 9.53 Å². The SMILES string of the molecule is COC(=O)c1c(Br)c(-c2ccc(C)cc2)nn1C. The van der Waals surface area contributed by atoms with Gasteiger partial charge in [-0.1, -0.05) is 29.8 Å². The van der Waals surface area contributed by atoms with Crippen LogP contribution >= 0.6 is 15.9 Å². The lowest BCUT2D eigenvalue weighted by Gasteiger charge is -1.99. The molecule has 0 atom stereocenters. The normalized spacial score (nSPS) is 10.4. The van der Waals surface area contributed by atoms with Crippen molar-refractivity contribution in [2.75, 3.05) is 7.11 Å². The molecular formula is C13H13BrN2O2. The smallest absolute Gasteiger partial charge is 0.357 e. The quantitative estimate of drug-likeness (QED) is 0.801. The van der Waals surface area contributed by atoms with Gasteiger partial charge in [0.1, 0.15) is 5.69 Å². The number of methoxy groups -OCH3 is 1. The predicted molar refractivity (Wildman–Crippen MR) is 72.4 cm³/mol. The third-order valence-electron chi connectivity index (χ3n) is 2.69. The summed E-state index contributed by atoms with van der Waals surface area (Å²) in [5, 5.41) is 4.35. The Morgan fingerprint density at radius 3 is 2.50 bits per heavy atom. The van der Waals surface area contributed by atoms with Gasteiger partial charge in [-0.25, -0.2) is 4.79 Å². The molecule has 1 aromatic heterocycles. The molecule has 0 fully saturated rings. The second-order valence-electron chi connectivity index (χ2n) is 3.99. The summed E-state index contributed by atoms with van der Waals surface area (Å²) in [5.41, 5.74) is 3.28. The van der Waals surface area contributed by atoms with Crippen LogP contribution in [0.4, 0.5) is 0 Å². The second-order valence-corrected chi connectivity index (χ2v) is 4.79. The molecule has 18 heavy (non-hydrogen) atoms. The monoisotopic (exact) mass is 308 g/mol. The van der Waals surface area contributed by atoms with Crippen LogP contribution in [0.5, 0.6) is 0 Å². The van der Waals surface area contributed by atoms with Crippen LogP contribution in [-0.2, 0) is 11.8 Å². The molecular weight excluding hydrogens is 296 g/mol. The minimum atomic E-state index is -0.407. The highest BCUT2D eigenvalue weighted by atomic mass is 79.9. The van der Waals surface area contributed by atoms with E-state index in [9.17, 15) is 4.79 Å². The van der Waals surface area contributed by atoms with Gasteiger partial charge in [0.15, 0.2) is 5.69 Å². The maximum atomic E-state index is 11.6. The Labute approximate surface area is 114 Å². The fourth-order valence-corrected chi connectivity index (χ4v) is 2.44. The molecule has 0 bridgehead atoms. The molecule has 0 radical (unpaired) electrons. The zero-order chi connectivity index (χ0) is 13.3. The van der Waals surface area contributed by atoms with E-state index in [0.717, 1.165) is 11.3 Å². The number of aromatic nitrogens is 2. The van der Waals surface area contributed by atoms with Gasteiger partial charge in [-0.2, -0.15) is 5.10 Å². The molecule has 5 heteroatoms. The zero-order valence-electron chi connectivity index (χ0n) is 10.4. The van der Waals surface area contributed by atoms with E-state index in [1.165, 1.54) is 17.4 Å². The Morgan fingerprint density at radius 2 is 1.94 bits per heavy atom. The van der Waals surface area contributed by atoms with E-state index in [2.05, 4.69) is 21.0 Å². The van der Waals surface area contributed by atoms with Crippen molar-refractivity contribution in [1.29, 1.82) is 0 Å². The molecule has 0 saturated heterocycles. The van der Waals surface area contributed by atoms with Crippen LogP contribution in [0.3, 0.4) is 0 Å². The third-order valence-corrected chi connectivity index (χ3v) is 3.44. The molecule has 4 nitrogen and oxygen atoms in total. The first-order valence-corrected chi connectivity index (χ1v) is 6.21. The van der Waals surface area contributed by atoms with Crippen LogP contribution in [0.1, 0.15) is 16.1 Å². The van der Waals surface area contributed by atoms with Crippen LogP contribution in [-0.4, -0.2) is 22.9 Å². The molecule has 0 aliphatic rings. The van der Waals surface area contributed by atoms with Gasteiger partial charge in [-0.3, -0.25) is 4.68 Å². The summed E-state index contributed by atoms with van der Waals surface area (Å²) in [5.74, 6) is -0.407. The first-order valence-electron chi connectivity index (χ1n) is 5.42. The summed E-state index contributed by atoms with van der Waals surface area (Å²) < 4.78 is 6.91. The van der Waals surface area contributed by atoms with E-state index < -0.39 is 5.97 Å². The summed E-state index contributed by atoms with van der Waals surface area (Å²) >= 11 is 3.41. The minimum Gasteiger partial charge on any atom is -0.464 e. The molecule has 0 aliphatic carbocycles. The summed E-state index contributed by atoms with van der Waals surface area (Å²) in [7, 11) is 3.07. The van der Waals surface area contributed by atoms with Gasteiger partial charge in [0.25, 0.3) is 0 Å². The van der Waals surface area contributed by atoms with Gasteiger partial charge in [-0.15, -0.1) is 0 Å². The van der Waals surface area contributed by atoms with Gasteiger partial charge in [0.05, 0.1) is 11.6 Å². The van der Waals surface area contributed by atoms with E-state index in [4.69, 9.17) is 4.74 Å². The molecule has 94 valence electrons. The molecule has 0 aliphatic heterocycles. The lowest BCUT2D eigenvalue weighted by molar-refractivity contribution is 0.0587. The number of hydrogen-bond acceptors (Lipinski definition) is 3. The average molecular weight is 309 g/mol. The largest absolute Gasteiger partial charge is 0.464 e. The molecule has 0 unspecified atom stereocenters. The summed E-state index contributed by atoms with van der Waals surface area (Å²) in [6, 6.07) is 7.97. The van der Waals surface area contributed by atoms with E-state index in [0.29, 0.717) is 10.2 Å². The number of halogens is 1. The first-order chi connectivity index (χ1) is 8.54. The maximum absolute atomic E-state index is 11.6. The standard InChI is InChI=1S/C13H13BrN2O2/c1-8-4-6-9(7-5-8)11-10(14)12(13(17)18-3)16(2)15-11/h4-7H,1-3H3. The van der Waals surface area contributed by atoms with E-state index in [1.807, 2.05) is 31.2 Å². The molecule has 1 aromatic carbocycles. The van der Waals surface area contributed by atoms with Crippen molar-refractivity contribution in [3.8, 4) is 11.3 Å². The van der Waals surface area contributed by atoms with Crippen LogP contribution in [0, 0.1) is 6.92 Å². The number of benzene rings is 1. The van der Waals surface area contributed by atoms with Crippen LogP contribution in [0.15, 0.2) is 28.7 Å². The fraction of sp³-hybridized carbons (Fsp3) is 0.231. The Bertz CT molecular complexity index is 588. The lowest BCUT2D eigenvalue weighted by atomic mass is 10.1. The summed E-state index contributed by atoms with van der Waals surface area (Å²) in [6.45, 7) is 2.02. The summed E-state index contributed by atoms with van der Waals surface area (Å²) in [4.78, 5) is 11.6. The Hall–Kier alpha value is -1.62. The molecule has 0 saturated carbocycles. The topological polar surface area (TPSA) is 44.1 Å². The number of carbonyl (C=O) groups is 1. The molecule has 0 spiro atoms. The predicted octanol–water partition coefficient (Wildman–Crippen LogP) is 2.94. The van der Waals surface area contributed by atoms with Crippen LogP contribution < -0.4 is 0 Å². The maximum Gasteiger partial charge on any atom is 0.357 e. The second kappa shape index (κ2) is 4.94. The Morgan fingerprint density at radius 1 is 1.33 bits per heavy atom. The van der Waals surface area contributed by atoms with Gasteiger partial charge in [0, 0.05) is 12.6 Å². The van der Waals surface area contributed by atoms with Crippen molar-refractivity contribution in [2.24, 2.45) is 7.05 Å². The van der Waals surface area contributed by atoms with Crippen molar-refractivity contribution in [2.45, 2.75) is 6.92 Å². The average Bonchev–Trinajstić information content (AvgIpc) is 2.65. The van der Waals surface area contributed by atoms with E-state index >= 15 is 0 Å². The molecule has 2 rings (SSSR count). The number of aryl methyl sites for hydroxylation is 2. The minimum absolute atomic E-state index is 0.407. The van der Waals surface area contributed by atoms with Crippen molar-refractivity contribution in [3.63, 3.8) is 0 Å². The third kappa shape index (κ3) is 2.18. The molecule has 0 N–H and O–H groups in total. The number of ether oxygens (including phenoxy) is 1. The van der Waals surface area contributed by atoms with Gasteiger partial charge < -0.3 is 4.74 Å². The van der Waals surface area contributed by atoms with Crippen LogP contribution in [0.2, 0.25) is 0 Å². The van der Waals surface area contributed by atoms with Gasteiger partial charge >= 0.3 is 5.97 Å². The number of esters is 1. The highest BCUT2D eigenvalue weighted by molar-refractivity contribution is 9.10. The van der Waals surface area contributed by atoms with E-state index in [1.54, 1.807) is 7.05 Å². The fourth-order valence-electron chi connectivity index (χ4n) is 1.71.